The fourth-order valence-corrected chi connectivity index (χ4v) is 6.40. The number of pyridine rings is 3. The van der Waals surface area contributed by atoms with E-state index in [1.165, 1.54) is 21.9 Å². The number of rotatable bonds is 3. The molecule has 0 bridgehead atoms. The van der Waals surface area contributed by atoms with Gasteiger partial charge in [-0.25, -0.2) is 4.98 Å². The highest BCUT2D eigenvalue weighted by Crippen LogP contribution is 2.53. The number of nitrogens with zero attached hydrogens (tertiary/aromatic N) is 5. The van der Waals surface area contributed by atoms with E-state index < -0.39 is 0 Å². The predicted octanol–water partition coefficient (Wildman–Crippen LogP) is 8.74. The normalized spacial score (nSPS) is 13.8. The second kappa shape index (κ2) is 8.86. The molecule has 3 aromatic carbocycles. The zero-order valence-electron chi connectivity index (χ0n) is 22.9. The van der Waals surface area contributed by atoms with Crippen LogP contribution in [0.1, 0.15) is 25.0 Å². The van der Waals surface area contributed by atoms with E-state index >= 15 is 0 Å². The van der Waals surface area contributed by atoms with Gasteiger partial charge >= 0.3 is 0 Å². The molecule has 8 rings (SSSR count). The number of hydrogen-bond donors (Lipinski definition) is 0. The molecule has 41 heavy (non-hydrogen) atoms. The summed E-state index contributed by atoms with van der Waals surface area (Å²) < 4.78 is 2.28. The van der Waals surface area contributed by atoms with Gasteiger partial charge in [0.25, 0.3) is 0 Å². The molecule has 5 nitrogen and oxygen atoms in total. The van der Waals surface area contributed by atoms with Gasteiger partial charge in [0, 0.05) is 40.3 Å². The van der Waals surface area contributed by atoms with E-state index in [-0.39, 0.29) is 5.41 Å². The molecule has 4 aromatic heterocycles. The first-order valence-electron chi connectivity index (χ1n) is 13.9. The third-order valence-electron chi connectivity index (χ3n) is 8.34. The van der Waals surface area contributed by atoms with Crippen molar-refractivity contribution in [3.8, 4) is 17.1 Å². The molecule has 5 heteroatoms. The molecule has 0 atom stereocenters. The van der Waals surface area contributed by atoms with Gasteiger partial charge in [-0.1, -0.05) is 62.4 Å². The summed E-state index contributed by atoms with van der Waals surface area (Å²) in [6, 6.07) is 36.3. The zero-order chi connectivity index (χ0) is 27.6. The van der Waals surface area contributed by atoms with Crippen LogP contribution < -0.4 is 4.90 Å². The largest absolute Gasteiger partial charge is 0.308 e. The lowest BCUT2D eigenvalue weighted by Crippen LogP contribution is -2.30. The first kappa shape index (κ1) is 23.6. The summed E-state index contributed by atoms with van der Waals surface area (Å²) in [5.41, 5.74) is 9.79. The summed E-state index contributed by atoms with van der Waals surface area (Å²) in [4.78, 5) is 16.4. The van der Waals surface area contributed by atoms with Crippen LogP contribution in [0.3, 0.4) is 0 Å². The second-order valence-corrected chi connectivity index (χ2v) is 11.1. The number of hydrogen-bond acceptors (Lipinski definition) is 4. The number of aromatic nitrogens is 4. The van der Waals surface area contributed by atoms with Crippen LogP contribution in [0, 0.1) is 0 Å². The van der Waals surface area contributed by atoms with Gasteiger partial charge in [0.05, 0.1) is 40.0 Å². The van der Waals surface area contributed by atoms with Crippen LogP contribution in [0.15, 0.2) is 128 Å². The van der Waals surface area contributed by atoms with E-state index in [4.69, 9.17) is 4.98 Å². The molecule has 0 spiro atoms. The van der Waals surface area contributed by atoms with Crippen LogP contribution in [0.25, 0.3) is 38.9 Å². The fourth-order valence-electron chi connectivity index (χ4n) is 6.40. The Hall–Kier alpha value is -5.29. The third kappa shape index (κ3) is 3.52. The lowest BCUT2D eigenvalue weighted by Gasteiger charge is -2.42. The van der Waals surface area contributed by atoms with Gasteiger partial charge in [-0.05, 0) is 65.7 Å². The van der Waals surface area contributed by atoms with E-state index in [1.54, 1.807) is 0 Å². The molecule has 5 heterocycles. The fraction of sp³-hybridized carbons (Fsp3) is 0.0833. The maximum atomic E-state index is 4.75. The second-order valence-electron chi connectivity index (χ2n) is 11.1. The molecule has 1 aliphatic rings. The minimum atomic E-state index is -0.211. The molecular formula is C36H27N5. The quantitative estimate of drug-likeness (QED) is 0.230. The summed E-state index contributed by atoms with van der Waals surface area (Å²) >= 11 is 0. The van der Waals surface area contributed by atoms with Gasteiger partial charge in [-0.3, -0.25) is 14.5 Å². The number of fused-ring (bicyclic) bond motifs is 5. The van der Waals surface area contributed by atoms with Crippen molar-refractivity contribution in [3.05, 3.63) is 139 Å². The van der Waals surface area contributed by atoms with E-state index in [1.807, 2.05) is 55.1 Å². The van der Waals surface area contributed by atoms with Crippen molar-refractivity contribution in [2.24, 2.45) is 0 Å². The van der Waals surface area contributed by atoms with Crippen molar-refractivity contribution in [1.82, 2.24) is 19.5 Å². The van der Waals surface area contributed by atoms with Crippen molar-refractivity contribution in [2.45, 2.75) is 19.3 Å². The molecule has 196 valence electrons. The Morgan fingerprint density at radius 1 is 0.610 bits per heavy atom. The maximum Gasteiger partial charge on any atom is 0.137 e. The van der Waals surface area contributed by atoms with Crippen LogP contribution in [0.2, 0.25) is 0 Å². The average molecular weight is 530 g/mol. The molecule has 0 amide bonds. The summed E-state index contributed by atoms with van der Waals surface area (Å²) in [7, 11) is 0. The van der Waals surface area contributed by atoms with Crippen molar-refractivity contribution in [2.75, 3.05) is 4.90 Å². The zero-order valence-corrected chi connectivity index (χ0v) is 22.9. The maximum absolute atomic E-state index is 4.75. The standard InChI is InChI=1S/C36H27N5/c1-36(2)28-12-4-6-15-32(28)40(25-19-24(22-37-23-25)30-13-7-9-17-38-30)34-21-33-27(20-29(34)36)26-11-3-5-14-31(26)41(33)35-16-8-10-18-39-35/h3-23H,1-2H3. The van der Waals surface area contributed by atoms with Gasteiger partial charge in [-0.15, -0.1) is 0 Å². The van der Waals surface area contributed by atoms with Crippen LogP contribution in [0.5, 0.6) is 0 Å². The minimum Gasteiger partial charge on any atom is -0.308 e. The summed E-state index contributed by atoms with van der Waals surface area (Å²) in [5.74, 6) is 0.902. The topological polar surface area (TPSA) is 46.8 Å². The van der Waals surface area contributed by atoms with Gasteiger partial charge in [0.1, 0.15) is 5.82 Å². The number of anilines is 3. The van der Waals surface area contributed by atoms with E-state index in [9.17, 15) is 0 Å². The molecule has 0 saturated carbocycles. The lowest BCUT2D eigenvalue weighted by atomic mass is 9.73. The molecule has 1 aliphatic heterocycles. The van der Waals surface area contributed by atoms with Crippen molar-refractivity contribution in [1.29, 1.82) is 0 Å². The highest BCUT2D eigenvalue weighted by molar-refractivity contribution is 6.11. The summed E-state index contributed by atoms with van der Waals surface area (Å²) in [6.07, 6.45) is 7.51. The predicted molar refractivity (Wildman–Crippen MR) is 166 cm³/mol. The van der Waals surface area contributed by atoms with Crippen molar-refractivity contribution < 1.29 is 0 Å². The molecule has 0 saturated heterocycles. The SMILES string of the molecule is CC1(C)c2ccccc2N(c2cncc(-c3ccccn3)c2)c2cc3c(cc21)c1ccccc1n3-c1ccccn1. The van der Waals surface area contributed by atoms with Crippen LogP contribution >= 0.6 is 0 Å². The molecule has 0 radical (unpaired) electrons. The number of para-hydroxylation sites is 2. The molecule has 0 aliphatic carbocycles. The minimum absolute atomic E-state index is 0.211. The van der Waals surface area contributed by atoms with E-state index in [2.05, 4.69) is 106 Å². The van der Waals surface area contributed by atoms with E-state index in [0.717, 1.165) is 45.2 Å². The van der Waals surface area contributed by atoms with Crippen molar-refractivity contribution >= 4 is 38.9 Å². The Morgan fingerprint density at radius 2 is 1.39 bits per heavy atom. The molecule has 0 unspecified atom stereocenters. The Balaban J connectivity index is 1.46. The molecule has 0 fully saturated rings. The Labute approximate surface area is 238 Å². The van der Waals surface area contributed by atoms with Crippen LogP contribution in [-0.4, -0.2) is 19.5 Å². The Bertz CT molecular complexity index is 2080. The first-order valence-corrected chi connectivity index (χ1v) is 13.9. The summed E-state index contributed by atoms with van der Waals surface area (Å²) in [6.45, 7) is 4.66. The number of benzene rings is 3. The Morgan fingerprint density at radius 3 is 2.22 bits per heavy atom. The van der Waals surface area contributed by atoms with Crippen molar-refractivity contribution in [3.63, 3.8) is 0 Å². The highest BCUT2D eigenvalue weighted by atomic mass is 15.2. The van der Waals surface area contributed by atoms with Gasteiger partial charge in [0.2, 0.25) is 0 Å². The third-order valence-corrected chi connectivity index (χ3v) is 8.34. The van der Waals surface area contributed by atoms with Gasteiger partial charge in [0.15, 0.2) is 0 Å². The average Bonchev–Trinajstić information content (AvgIpc) is 3.35. The molecular weight excluding hydrogens is 502 g/mol. The Kier molecular flexibility index (Phi) is 5.10. The smallest absolute Gasteiger partial charge is 0.137 e. The first-order chi connectivity index (χ1) is 20.1. The monoisotopic (exact) mass is 529 g/mol. The van der Waals surface area contributed by atoms with E-state index in [0.29, 0.717) is 0 Å². The van der Waals surface area contributed by atoms with Gasteiger partial charge < -0.3 is 4.90 Å². The highest BCUT2D eigenvalue weighted by Gasteiger charge is 2.38. The van der Waals surface area contributed by atoms with Crippen LogP contribution in [0.4, 0.5) is 17.1 Å². The van der Waals surface area contributed by atoms with Gasteiger partial charge in [-0.2, -0.15) is 0 Å². The molecule has 0 N–H and O–H groups in total. The molecule has 7 aromatic rings. The van der Waals surface area contributed by atoms with Crippen LogP contribution in [-0.2, 0) is 5.41 Å². The summed E-state index contributed by atoms with van der Waals surface area (Å²) in [5, 5.41) is 2.44. The lowest BCUT2D eigenvalue weighted by molar-refractivity contribution is 0.633.